The van der Waals surface area contributed by atoms with Crippen LogP contribution in [0.4, 0.5) is 5.69 Å². The van der Waals surface area contributed by atoms with E-state index in [9.17, 15) is 0 Å². The smallest absolute Gasteiger partial charge is 0.141 e. The quantitative estimate of drug-likeness (QED) is 0.882. The molecule has 0 amide bonds. The Hall–Kier alpha value is -1.75. The van der Waals surface area contributed by atoms with E-state index in [0.717, 1.165) is 10.0 Å². The Balaban J connectivity index is 2.04. The molecule has 18 heavy (non-hydrogen) atoms. The number of benzene rings is 1. The Kier molecular flexibility index (Phi) is 4.04. The van der Waals surface area contributed by atoms with Crippen molar-refractivity contribution in [3.8, 4) is 11.5 Å². The zero-order valence-corrected chi connectivity index (χ0v) is 11.5. The largest absolute Gasteiger partial charge is 0.495 e. The minimum Gasteiger partial charge on any atom is -0.495 e. The van der Waals surface area contributed by atoms with Gasteiger partial charge in [-0.05, 0) is 39.7 Å². The number of halogens is 1. The van der Waals surface area contributed by atoms with Gasteiger partial charge in [0.05, 0.1) is 19.0 Å². The normalized spacial score (nSPS) is 10.1. The molecule has 94 valence electrons. The summed E-state index contributed by atoms with van der Waals surface area (Å²) < 4.78 is 11.6. The molecule has 2 N–H and O–H groups in total. The van der Waals surface area contributed by atoms with Gasteiger partial charge in [-0.1, -0.05) is 6.07 Å². The Morgan fingerprint density at radius 3 is 2.78 bits per heavy atom. The van der Waals surface area contributed by atoms with Gasteiger partial charge in [-0.3, -0.25) is 4.98 Å². The van der Waals surface area contributed by atoms with E-state index in [1.165, 1.54) is 0 Å². The molecule has 5 heteroatoms. The zero-order chi connectivity index (χ0) is 13.0. The number of methoxy groups -OCH3 is 1. The molecule has 1 aromatic heterocycles. The number of nitrogens with zero attached hydrogens (tertiary/aromatic N) is 1. The van der Waals surface area contributed by atoms with Crippen LogP contribution >= 0.6 is 15.9 Å². The number of nitrogen functional groups attached to an aromatic ring is 1. The standard InChI is InChI=1S/C13H13BrN2O2/c1-17-13-3-2-9(4-12(13)15)8-18-11-5-10(14)6-16-7-11/h2-7H,8,15H2,1H3. The second-order valence-electron chi connectivity index (χ2n) is 3.70. The molecule has 0 unspecified atom stereocenters. The van der Waals surface area contributed by atoms with Gasteiger partial charge in [-0.25, -0.2) is 0 Å². The first-order chi connectivity index (χ1) is 8.69. The highest BCUT2D eigenvalue weighted by Crippen LogP contribution is 2.23. The van der Waals surface area contributed by atoms with E-state index in [4.69, 9.17) is 15.2 Å². The van der Waals surface area contributed by atoms with Crippen molar-refractivity contribution < 1.29 is 9.47 Å². The molecule has 0 fully saturated rings. The van der Waals surface area contributed by atoms with Gasteiger partial charge in [-0.15, -0.1) is 0 Å². The van der Waals surface area contributed by atoms with Crippen LogP contribution in [-0.4, -0.2) is 12.1 Å². The summed E-state index contributed by atoms with van der Waals surface area (Å²) in [6.45, 7) is 0.437. The van der Waals surface area contributed by atoms with Crippen LogP contribution in [0, 0.1) is 0 Å². The van der Waals surface area contributed by atoms with Crippen molar-refractivity contribution in [2.24, 2.45) is 0 Å². The fourth-order valence-electron chi connectivity index (χ4n) is 1.51. The minimum atomic E-state index is 0.437. The molecule has 0 saturated heterocycles. The molecule has 0 radical (unpaired) electrons. The van der Waals surface area contributed by atoms with Crippen molar-refractivity contribution in [1.29, 1.82) is 0 Å². The van der Waals surface area contributed by atoms with Crippen molar-refractivity contribution in [2.45, 2.75) is 6.61 Å². The molecule has 0 atom stereocenters. The van der Waals surface area contributed by atoms with Gasteiger partial charge in [0.1, 0.15) is 18.1 Å². The van der Waals surface area contributed by atoms with Crippen LogP contribution in [-0.2, 0) is 6.61 Å². The van der Waals surface area contributed by atoms with Crippen LogP contribution in [0.5, 0.6) is 11.5 Å². The van der Waals surface area contributed by atoms with Crippen molar-refractivity contribution in [3.05, 3.63) is 46.7 Å². The van der Waals surface area contributed by atoms with Crippen LogP contribution in [0.3, 0.4) is 0 Å². The number of pyridine rings is 1. The lowest BCUT2D eigenvalue weighted by Gasteiger charge is -2.09. The Morgan fingerprint density at radius 1 is 1.28 bits per heavy atom. The molecule has 2 aromatic rings. The zero-order valence-electron chi connectivity index (χ0n) is 9.89. The number of nitrogens with two attached hydrogens (primary N) is 1. The van der Waals surface area contributed by atoms with Crippen LogP contribution in [0.15, 0.2) is 41.1 Å². The first-order valence-corrected chi connectivity index (χ1v) is 6.14. The Bertz CT molecular complexity index is 546. The van der Waals surface area contributed by atoms with Gasteiger partial charge >= 0.3 is 0 Å². The van der Waals surface area contributed by atoms with Crippen LogP contribution in [0.1, 0.15) is 5.56 Å². The van der Waals surface area contributed by atoms with E-state index in [0.29, 0.717) is 23.8 Å². The number of ether oxygens (including phenoxy) is 2. The molecule has 0 aliphatic heterocycles. The topological polar surface area (TPSA) is 57.4 Å². The van der Waals surface area contributed by atoms with E-state index >= 15 is 0 Å². The number of hydrogen-bond acceptors (Lipinski definition) is 4. The summed E-state index contributed by atoms with van der Waals surface area (Å²) in [5.74, 6) is 1.38. The molecule has 4 nitrogen and oxygen atoms in total. The third kappa shape index (κ3) is 3.13. The number of anilines is 1. The maximum Gasteiger partial charge on any atom is 0.141 e. The van der Waals surface area contributed by atoms with Gasteiger partial charge in [0.2, 0.25) is 0 Å². The van der Waals surface area contributed by atoms with Crippen LogP contribution in [0.25, 0.3) is 0 Å². The lowest BCUT2D eigenvalue weighted by atomic mass is 10.2. The van der Waals surface area contributed by atoms with Gasteiger partial charge in [0.25, 0.3) is 0 Å². The molecular weight excluding hydrogens is 296 g/mol. The second-order valence-corrected chi connectivity index (χ2v) is 4.62. The third-order valence-corrected chi connectivity index (χ3v) is 2.81. The fourth-order valence-corrected chi connectivity index (χ4v) is 1.86. The molecule has 0 aliphatic carbocycles. The first-order valence-electron chi connectivity index (χ1n) is 5.35. The molecule has 0 spiro atoms. The van der Waals surface area contributed by atoms with Crippen molar-refractivity contribution in [3.63, 3.8) is 0 Å². The molecule has 0 bridgehead atoms. The first kappa shape index (κ1) is 12.7. The van der Waals surface area contributed by atoms with Crippen LogP contribution < -0.4 is 15.2 Å². The lowest BCUT2D eigenvalue weighted by Crippen LogP contribution is -1.98. The highest BCUT2D eigenvalue weighted by molar-refractivity contribution is 9.10. The number of hydrogen-bond donors (Lipinski definition) is 1. The van der Waals surface area contributed by atoms with E-state index in [1.807, 2.05) is 24.3 Å². The maximum atomic E-state index is 5.82. The predicted octanol–water partition coefficient (Wildman–Crippen LogP) is 3.01. The summed E-state index contributed by atoms with van der Waals surface area (Å²) in [6, 6.07) is 7.44. The molecule has 2 rings (SSSR count). The Morgan fingerprint density at radius 2 is 2.11 bits per heavy atom. The molecule has 0 saturated carbocycles. The van der Waals surface area contributed by atoms with Gasteiger partial charge in [0, 0.05) is 10.7 Å². The van der Waals surface area contributed by atoms with E-state index in [-0.39, 0.29) is 0 Å². The van der Waals surface area contributed by atoms with Gasteiger partial charge in [0.15, 0.2) is 0 Å². The van der Waals surface area contributed by atoms with Crippen molar-refractivity contribution in [1.82, 2.24) is 4.98 Å². The average molecular weight is 309 g/mol. The van der Waals surface area contributed by atoms with Crippen molar-refractivity contribution in [2.75, 3.05) is 12.8 Å². The van der Waals surface area contributed by atoms with Crippen molar-refractivity contribution >= 4 is 21.6 Å². The fraction of sp³-hybridized carbons (Fsp3) is 0.154. The number of rotatable bonds is 4. The van der Waals surface area contributed by atoms with E-state index in [1.54, 1.807) is 19.5 Å². The summed E-state index contributed by atoms with van der Waals surface area (Å²) in [7, 11) is 1.59. The second kappa shape index (κ2) is 5.73. The SMILES string of the molecule is COc1ccc(COc2cncc(Br)c2)cc1N. The third-order valence-electron chi connectivity index (χ3n) is 2.38. The maximum absolute atomic E-state index is 5.82. The molecular formula is C13H13BrN2O2. The van der Waals surface area contributed by atoms with Gasteiger partial charge < -0.3 is 15.2 Å². The van der Waals surface area contributed by atoms with E-state index in [2.05, 4.69) is 20.9 Å². The summed E-state index contributed by atoms with van der Waals surface area (Å²) in [5, 5.41) is 0. The summed E-state index contributed by atoms with van der Waals surface area (Å²) >= 11 is 3.34. The summed E-state index contributed by atoms with van der Waals surface area (Å²) in [4.78, 5) is 4.02. The molecule has 1 aromatic carbocycles. The predicted molar refractivity (Wildman–Crippen MR) is 73.7 cm³/mol. The van der Waals surface area contributed by atoms with E-state index < -0.39 is 0 Å². The minimum absolute atomic E-state index is 0.437. The Labute approximate surface area is 114 Å². The monoisotopic (exact) mass is 308 g/mol. The highest BCUT2D eigenvalue weighted by atomic mass is 79.9. The average Bonchev–Trinajstić information content (AvgIpc) is 2.37. The molecule has 1 heterocycles. The summed E-state index contributed by atoms with van der Waals surface area (Å²) in [6.07, 6.45) is 3.37. The lowest BCUT2D eigenvalue weighted by molar-refractivity contribution is 0.304. The molecule has 0 aliphatic rings. The van der Waals surface area contributed by atoms with Gasteiger partial charge in [-0.2, -0.15) is 0 Å². The highest BCUT2D eigenvalue weighted by Gasteiger charge is 2.02. The number of aromatic nitrogens is 1. The van der Waals surface area contributed by atoms with Crippen LogP contribution in [0.2, 0.25) is 0 Å². The summed E-state index contributed by atoms with van der Waals surface area (Å²) in [5.41, 5.74) is 7.41.